The van der Waals surface area contributed by atoms with Crippen LogP contribution >= 0.6 is 0 Å². The van der Waals surface area contributed by atoms with Gasteiger partial charge < -0.3 is 30.0 Å². The van der Waals surface area contributed by atoms with Gasteiger partial charge in [-0.1, -0.05) is 42.1 Å². The van der Waals surface area contributed by atoms with Crippen molar-refractivity contribution in [2.75, 3.05) is 33.0 Å². The lowest BCUT2D eigenvalue weighted by Crippen LogP contribution is -2.39. The maximum absolute atomic E-state index is 11.8. The molecule has 0 aromatic heterocycles. The summed E-state index contributed by atoms with van der Waals surface area (Å²) in [5.74, 6) is -0.329. The second-order valence-electron chi connectivity index (χ2n) is 6.74. The van der Waals surface area contributed by atoms with Gasteiger partial charge in [-0.2, -0.15) is 0 Å². The first-order valence-corrected chi connectivity index (χ1v) is 9.17. The van der Waals surface area contributed by atoms with E-state index in [9.17, 15) is 25.3 Å². The van der Waals surface area contributed by atoms with Crippen LogP contribution in [0.2, 0.25) is 0 Å². The van der Waals surface area contributed by atoms with Crippen LogP contribution in [0.1, 0.15) is 11.1 Å². The molecule has 0 unspecified atom stereocenters. The largest absolute Gasteiger partial charge is 0.482 e. The van der Waals surface area contributed by atoms with E-state index in [0.717, 1.165) is 5.56 Å². The molecule has 0 aliphatic rings. The molecule has 2 rings (SSSR count). The predicted octanol–water partition coefficient (Wildman–Crippen LogP) is 1.46. The van der Waals surface area contributed by atoms with Crippen molar-refractivity contribution in [2.24, 2.45) is 10.6 Å². The Hall–Kier alpha value is -3.20. The number of hydrogen-bond acceptors (Lipinski definition) is 8. The third-order valence-electron chi connectivity index (χ3n) is 4.54. The molecule has 2 aromatic carbocycles. The first kappa shape index (κ1) is 23.1. The van der Waals surface area contributed by atoms with Crippen LogP contribution in [0.15, 0.2) is 66.3 Å². The third kappa shape index (κ3) is 5.90. The fourth-order valence-electron chi connectivity index (χ4n) is 2.48. The number of nitrogens with zero attached hydrogens (tertiary/aromatic N) is 1. The molecule has 8 heteroatoms. The van der Waals surface area contributed by atoms with Gasteiger partial charge in [-0.15, -0.1) is 0 Å². The van der Waals surface area contributed by atoms with Crippen LogP contribution in [0.25, 0.3) is 5.57 Å². The third-order valence-corrected chi connectivity index (χ3v) is 4.54. The minimum atomic E-state index is -1.29. The van der Waals surface area contributed by atoms with E-state index in [1.54, 1.807) is 24.3 Å². The van der Waals surface area contributed by atoms with Gasteiger partial charge in [-0.3, -0.25) is 0 Å². The van der Waals surface area contributed by atoms with Gasteiger partial charge >= 0.3 is 5.97 Å². The van der Waals surface area contributed by atoms with Crippen LogP contribution in [0.4, 0.5) is 0 Å². The first-order chi connectivity index (χ1) is 14.5. The zero-order valence-electron chi connectivity index (χ0n) is 16.4. The molecular formula is C22H25NO7. The van der Waals surface area contributed by atoms with Gasteiger partial charge in [0.05, 0.1) is 25.2 Å². The zero-order valence-corrected chi connectivity index (χ0v) is 16.4. The van der Waals surface area contributed by atoms with E-state index in [2.05, 4.69) is 11.7 Å². The summed E-state index contributed by atoms with van der Waals surface area (Å²) in [5, 5.41) is 40.4. The molecular weight excluding hydrogens is 390 g/mol. The number of carbonyl (C=O) groups excluding carboxylic acids is 1. The summed E-state index contributed by atoms with van der Waals surface area (Å²) in [6.45, 7) is 1.66. The van der Waals surface area contributed by atoms with Crippen molar-refractivity contribution in [1.29, 1.82) is 0 Å². The van der Waals surface area contributed by atoms with Gasteiger partial charge in [0.2, 0.25) is 0 Å². The summed E-state index contributed by atoms with van der Waals surface area (Å²) in [7, 11) is 0. The highest BCUT2D eigenvalue weighted by Crippen LogP contribution is 2.21. The topological polar surface area (TPSA) is 129 Å². The molecule has 0 aliphatic heterocycles. The van der Waals surface area contributed by atoms with Crippen molar-refractivity contribution < 1.29 is 34.8 Å². The Balaban J connectivity index is 1.94. The Labute approximate surface area is 174 Å². The highest BCUT2D eigenvalue weighted by molar-refractivity contribution is 6.31. The SMILES string of the molecule is C=C(/C(=N/O)c1ccc(OCC(=O)OCC(CO)(CO)CO)cc1)c1ccccc1. The van der Waals surface area contributed by atoms with Gasteiger partial charge in [0, 0.05) is 11.1 Å². The number of aliphatic hydroxyl groups is 3. The zero-order chi connectivity index (χ0) is 22.0. The lowest BCUT2D eigenvalue weighted by Gasteiger charge is -2.26. The van der Waals surface area contributed by atoms with E-state index >= 15 is 0 Å². The quantitative estimate of drug-likeness (QED) is 0.189. The molecule has 0 amide bonds. The van der Waals surface area contributed by atoms with E-state index in [0.29, 0.717) is 22.6 Å². The Bertz CT molecular complexity index is 851. The van der Waals surface area contributed by atoms with E-state index in [-0.39, 0.29) is 6.61 Å². The molecule has 0 spiro atoms. The minimum absolute atomic E-state index is 0.306. The lowest BCUT2D eigenvalue weighted by molar-refractivity contribution is -0.153. The molecule has 0 aliphatic carbocycles. The van der Waals surface area contributed by atoms with E-state index < -0.39 is 37.8 Å². The summed E-state index contributed by atoms with van der Waals surface area (Å²) in [4.78, 5) is 11.8. The fourth-order valence-corrected chi connectivity index (χ4v) is 2.48. The smallest absolute Gasteiger partial charge is 0.344 e. The monoisotopic (exact) mass is 415 g/mol. The van der Waals surface area contributed by atoms with Crippen LogP contribution in [0.5, 0.6) is 5.75 Å². The number of esters is 1. The van der Waals surface area contributed by atoms with E-state index in [1.807, 2.05) is 30.3 Å². The summed E-state index contributed by atoms with van der Waals surface area (Å²) in [6, 6.07) is 15.8. The van der Waals surface area contributed by atoms with Crippen LogP contribution in [-0.4, -0.2) is 65.2 Å². The molecule has 160 valence electrons. The second-order valence-corrected chi connectivity index (χ2v) is 6.74. The molecule has 8 nitrogen and oxygen atoms in total. The Morgan fingerprint density at radius 1 is 0.933 bits per heavy atom. The minimum Gasteiger partial charge on any atom is -0.482 e. The van der Waals surface area contributed by atoms with Gasteiger partial charge in [0.25, 0.3) is 0 Å². The predicted molar refractivity (Wildman–Crippen MR) is 110 cm³/mol. The van der Waals surface area contributed by atoms with Gasteiger partial charge in [-0.05, 0) is 29.8 Å². The van der Waals surface area contributed by atoms with Crippen molar-refractivity contribution in [3.8, 4) is 5.75 Å². The van der Waals surface area contributed by atoms with Crippen molar-refractivity contribution in [2.45, 2.75) is 0 Å². The van der Waals surface area contributed by atoms with Crippen molar-refractivity contribution in [1.82, 2.24) is 0 Å². The molecule has 0 saturated carbocycles. The van der Waals surface area contributed by atoms with Gasteiger partial charge in [0.1, 0.15) is 18.1 Å². The number of benzene rings is 2. The standard InChI is InChI=1S/C22H25NO7/c1-16(17-5-3-2-4-6-17)21(23-28)18-7-9-19(10-8-18)29-11-20(27)30-15-22(12-24,13-25)14-26/h2-10,24-26,28H,1,11-15H2/b23-21-. The number of allylic oxidation sites excluding steroid dienone is 1. The average Bonchev–Trinajstić information content (AvgIpc) is 2.80. The lowest BCUT2D eigenvalue weighted by atomic mass is 9.93. The molecule has 0 atom stereocenters. The summed E-state index contributed by atoms with van der Waals surface area (Å²) in [5.41, 5.74) is 0.993. The first-order valence-electron chi connectivity index (χ1n) is 9.17. The molecule has 0 fully saturated rings. The van der Waals surface area contributed by atoms with Crippen LogP contribution < -0.4 is 4.74 Å². The number of hydrogen-bond donors (Lipinski definition) is 4. The maximum atomic E-state index is 11.8. The molecule has 0 heterocycles. The van der Waals surface area contributed by atoms with Crippen molar-refractivity contribution in [3.63, 3.8) is 0 Å². The molecule has 0 saturated heterocycles. The second kappa shape index (κ2) is 11.1. The molecule has 0 bridgehead atoms. The Morgan fingerprint density at radius 3 is 2.07 bits per heavy atom. The number of carbonyl (C=O) groups is 1. The highest BCUT2D eigenvalue weighted by atomic mass is 16.6. The van der Waals surface area contributed by atoms with Gasteiger partial charge in [0.15, 0.2) is 6.61 Å². The summed E-state index contributed by atoms with van der Waals surface area (Å²) < 4.78 is 10.3. The van der Waals surface area contributed by atoms with Crippen molar-refractivity contribution in [3.05, 3.63) is 72.3 Å². The van der Waals surface area contributed by atoms with E-state index in [1.165, 1.54) is 0 Å². The van der Waals surface area contributed by atoms with Gasteiger partial charge in [-0.25, -0.2) is 4.79 Å². The molecule has 0 radical (unpaired) electrons. The van der Waals surface area contributed by atoms with Crippen molar-refractivity contribution >= 4 is 17.3 Å². The Morgan fingerprint density at radius 2 is 1.53 bits per heavy atom. The summed E-state index contributed by atoms with van der Waals surface area (Å²) >= 11 is 0. The number of oxime groups is 1. The number of aliphatic hydroxyl groups excluding tert-OH is 3. The summed E-state index contributed by atoms with van der Waals surface area (Å²) in [6.07, 6.45) is 0. The van der Waals surface area contributed by atoms with Crippen LogP contribution in [0, 0.1) is 5.41 Å². The number of ether oxygens (including phenoxy) is 2. The number of rotatable bonds is 11. The average molecular weight is 415 g/mol. The molecule has 30 heavy (non-hydrogen) atoms. The molecule has 4 N–H and O–H groups in total. The fraction of sp³-hybridized carbons (Fsp3) is 0.273. The normalized spacial score (nSPS) is 11.8. The molecule has 2 aromatic rings. The highest BCUT2D eigenvalue weighted by Gasteiger charge is 2.30. The van der Waals surface area contributed by atoms with Crippen LogP contribution in [-0.2, 0) is 9.53 Å². The van der Waals surface area contributed by atoms with Crippen LogP contribution in [0.3, 0.4) is 0 Å². The van der Waals surface area contributed by atoms with E-state index in [4.69, 9.17) is 9.47 Å². The Kier molecular flexibility index (Phi) is 8.54. The maximum Gasteiger partial charge on any atom is 0.344 e.